The Labute approximate surface area is 186 Å². The first-order valence-electron chi connectivity index (χ1n) is 9.39. The molecule has 0 aliphatic heterocycles. The molecule has 0 aliphatic rings. The predicted octanol–water partition coefficient (Wildman–Crippen LogP) is 7.21. The summed E-state index contributed by atoms with van der Waals surface area (Å²) in [4.78, 5) is 0. The molecule has 0 atom stereocenters. The van der Waals surface area contributed by atoms with Crippen LogP contribution in [0.4, 0.5) is 13.2 Å². The molecule has 8 heteroatoms. The van der Waals surface area contributed by atoms with Gasteiger partial charge in [0.05, 0.1) is 11.3 Å². The summed E-state index contributed by atoms with van der Waals surface area (Å²) < 4.78 is 41.0. The van der Waals surface area contributed by atoms with Gasteiger partial charge in [0.15, 0.2) is 11.0 Å². The quantitative estimate of drug-likeness (QED) is 0.295. The summed E-state index contributed by atoms with van der Waals surface area (Å²) in [5.41, 5.74) is 2.67. The largest absolute Gasteiger partial charge is 0.416 e. The van der Waals surface area contributed by atoms with Crippen LogP contribution in [0.1, 0.15) is 16.7 Å². The molecule has 0 amide bonds. The normalized spacial score (nSPS) is 11.6. The van der Waals surface area contributed by atoms with Crippen molar-refractivity contribution in [2.75, 3.05) is 0 Å². The first kappa shape index (κ1) is 21.5. The van der Waals surface area contributed by atoms with Gasteiger partial charge in [-0.15, -0.1) is 10.2 Å². The Hall–Kier alpha value is -2.77. The average Bonchev–Trinajstić information content (AvgIpc) is 3.16. The van der Waals surface area contributed by atoms with E-state index in [0.717, 1.165) is 22.9 Å². The third kappa shape index (κ3) is 4.78. The lowest BCUT2D eigenvalue weighted by Gasteiger charge is -2.13. The summed E-state index contributed by atoms with van der Waals surface area (Å²) in [6.45, 7) is 1.99. The molecule has 1 heterocycles. The van der Waals surface area contributed by atoms with Crippen LogP contribution in [0.5, 0.6) is 0 Å². The summed E-state index contributed by atoms with van der Waals surface area (Å²) in [7, 11) is 0. The molecule has 0 unspecified atom stereocenters. The summed E-state index contributed by atoms with van der Waals surface area (Å²) in [6.07, 6.45) is -4.37. The predicted molar refractivity (Wildman–Crippen MR) is 118 cm³/mol. The third-order valence-electron chi connectivity index (χ3n) is 4.71. The SMILES string of the molecule is Cc1ccccc1-n1c(SCc2cccc(C(F)(F)F)c2)nnc1-c1ccc(Cl)cc1. The molecule has 1 aromatic heterocycles. The lowest BCUT2D eigenvalue weighted by Crippen LogP contribution is -2.05. The van der Waals surface area contributed by atoms with E-state index in [1.807, 2.05) is 47.9 Å². The van der Waals surface area contributed by atoms with Crippen molar-refractivity contribution in [1.29, 1.82) is 0 Å². The summed E-state index contributed by atoms with van der Waals surface area (Å²) in [5, 5.41) is 9.92. The fourth-order valence-corrected chi connectivity index (χ4v) is 4.18. The van der Waals surface area contributed by atoms with Gasteiger partial charge >= 0.3 is 6.18 Å². The topological polar surface area (TPSA) is 30.7 Å². The van der Waals surface area contributed by atoms with Crippen LogP contribution in [0.15, 0.2) is 78.0 Å². The Morgan fingerprint density at radius 3 is 2.39 bits per heavy atom. The minimum Gasteiger partial charge on any atom is -0.270 e. The minimum absolute atomic E-state index is 0.328. The van der Waals surface area contributed by atoms with Gasteiger partial charge in [-0.25, -0.2) is 0 Å². The highest BCUT2D eigenvalue weighted by atomic mass is 35.5. The van der Waals surface area contributed by atoms with Gasteiger partial charge in [0, 0.05) is 16.3 Å². The highest BCUT2D eigenvalue weighted by Gasteiger charge is 2.30. The van der Waals surface area contributed by atoms with Crippen LogP contribution in [0.25, 0.3) is 17.1 Å². The number of halogens is 4. The molecule has 0 N–H and O–H groups in total. The van der Waals surface area contributed by atoms with Crippen LogP contribution >= 0.6 is 23.4 Å². The molecule has 0 saturated heterocycles. The number of aryl methyl sites for hydroxylation is 1. The van der Waals surface area contributed by atoms with Crippen LogP contribution < -0.4 is 0 Å². The van der Waals surface area contributed by atoms with Crippen molar-refractivity contribution in [2.45, 2.75) is 24.0 Å². The smallest absolute Gasteiger partial charge is 0.270 e. The number of hydrogen-bond acceptors (Lipinski definition) is 3. The number of rotatable bonds is 5. The van der Waals surface area contributed by atoms with Gasteiger partial charge in [0.2, 0.25) is 0 Å². The van der Waals surface area contributed by atoms with Crippen LogP contribution in [-0.2, 0) is 11.9 Å². The van der Waals surface area contributed by atoms with Crippen molar-refractivity contribution in [1.82, 2.24) is 14.8 Å². The van der Waals surface area contributed by atoms with Gasteiger partial charge in [-0.3, -0.25) is 4.57 Å². The molecule has 4 aromatic rings. The molecule has 0 radical (unpaired) electrons. The standard InChI is InChI=1S/C23H17ClF3N3S/c1-15-5-2-3-8-20(15)30-21(17-9-11-19(24)12-10-17)28-29-22(30)31-14-16-6-4-7-18(13-16)23(25,26)27/h2-13H,14H2,1H3. The zero-order chi connectivity index (χ0) is 22.0. The fourth-order valence-electron chi connectivity index (χ4n) is 3.17. The average molecular weight is 460 g/mol. The van der Waals surface area contributed by atoms with Gasteiger partial charge in [-0.1, -0.05) is 59.8 Å². The molecule has 0 bridgehead atoms. The van der Waals surface area contributed by atoms with Crippen molar-refractivity contribution < 1.29 is 13.2 Å². The summed E-state index contributed by atoms with van der Waals surface area (Å²) in [6, 6.07) is 20.5. The van der Waals surface area contributed by atoms with E-state index in [1.165, 1.54) is 23.9 Å². The lowest BCUT2D eigenvalue weighted by molar-refractivity contribution is -0.137. The number of hydrogen-bond donors (Lipinski definition) is 0. The van der Waals surface area contributed by atoms with Gasteiger partial charge in [0.25, 0.3) is 0 Å². The van der Waals surface area contributed by atoms with E-state index >= 15 is 0 Å². The van der Waals surface area contributed by atoms with Crippen molar-refractivity contribution in [3.05, 3.63) is 94.5 Å². The highest BCUT2D eigenvalue weighted by molar-refractivity contribution is 7.98. The number of para-hydroxylation sites is 1. The molecule has 31 heavy (non-hydrogen) atoms. The Morgan fingerprint density at radius 1 is 0.935 bits per heavy atom. The Kier molecular flexibility index (Phi) is 6.07. The fraction of sp³-hybridized carbons (Fsp3) is 0.130. The maximum Gasteiger partial charge on any atom is 0.416 e. The maximum atomic E-state index is 13.0. The lowest BCUT2D eigenvalue weighted by atomic mass is 10.1. The van der Waals surface area contributed by atoms with Gasteiger partial charge in [-0.05, 0) is 54.4 Å². The second-order valence-electron chi connectivity index (χ2n) is 6.92. The van der Waals surface area contributed by atoms with Crippen LogP contribution in [-0.4, -0.2) is 14.8 Å². The van der Waals surface area contributed by atoms with E-state index in [0.29, 0.717) is 27.3 Å². The Bertz CT molecular complexity index is 1200. The van der Waals surface area contributed by atoms with E-state index in [9.17, 15) is 13.2 Å². The molecule has 0 fully saturated rings. The molecule has 158 valence electrons. The van der Waals surface area contributed by atoms with Crippen molar-refractivity contribution in [2.24, 2.45) is 0 Å². The van der Waals surface area contributed by atoms with Crippen LogP contribution in [0.3, 0.4) is 0 Å². The second kappa shape index (κ2) is 8.77. The molecule has 4 rings (SSSR count). The van der Waals surface area contributed by atoms with Crippen molar-refractivity contribution in [3.63, 3.8) is 0 Å². The third-order valence-corrected chi connectivity index (χ3v) is 5.97. The molecule has 0 saturated carbocycles. The van der Waals surface area contributed by atoms with E-state index in [-0.39, 0.29) is 0 Å². The first-order valence-corrected chi connectivity index (χ1v) is 10.8. The van der Waals surface area contributed by atoms with E-state index in [1.54, 1.807) is 18.2 Å². The zero-order valence-electron chi connectivity index (χ0n) is 16.4. The van der Waals surface area contributed by atoms with E-state index in [2.05, 4.69) is 10.2 Å². The minimum atomic E-state index is -4.37. The van der Waals surface area contributed by atoms with Gasteiger partial charge < -0.3 is 0 Å². The molecular weight excluding hydrogens is 443 g/mol. The van der Waals surface area contributed by atoms with Crippen LogP contribution in [0, 0.1) is 6.92 Å². The van der Waals surface area contributed by atoms with E-state index in [4.69, 9.17) is 11.6 Å². The Morgan fingerprint density at radius 2 is 1.68 bits per heavy atom. The molecule has 3 aromatic carbocycles. The number of benzene rings is 3. The van der Waals surface area contributed by atoms with Crippen LogP contribution in [0.2, 0.25) is 5.02 Å². The van der Waals surface area contributed by atoms with Gasteiger partial charge in [-0.2, -0.15) is 13.2 Å². The molecular formula is C23H17ClF3N3S. The molecule has 3 nitrogen and oxygen atoms in total. The maximum absolute atomic E-state index is 13.0. The number of aromatic nitrogens is 3. The molecule has 0 aliphatic carbocycles. The molecule has 0 spiro atoms. The summed E-state index contributed by atoms with van der Waals surface area (Å²) >= 11 is 7.36. The second-order valence-corrected chi connectivity index (χ2v) is 8.30. The highest BCUT2D eigenvalue weighted by Crippen LogP contribution is 2.33. The Balaban J connectivity index is 1.72. The number of nitrogens with zero attached hydrogens (tertiary/aromatic N) is 3. The number of alkyl halides is 3. The van der Waals surface area contributed by atoms with E-state index < -0.39 is 11.7 Å². The number of thioether (sulfide) groups is 1. The zero-order valence-corrected chi connectivity index (χ0v) is 18.0. The summed E-state index contributed by atoms with van der Waals surface area (Å²) in [5.74, 6) is 0.965. The van der Waals surface area contributed by atoms with Gasteiger partial charge in [0.1, 0.15) is 0 Å². The monoisotopic (exact) mass is 459 g/mol. The first-order chi connectivity index (χ1) is 14.8. The van der Waals surface area contributed by atoms with Crippen molar-refractivity contribution in [3.8, 4) is 17.1 Å². The van der Waals surface area contributed by atoms with Crippen molar-refractivity contribution >= 4 is 23.4 Å².